The number of aryl methyl sites for hydroxylation is 1. The highest BCUT2D eigenvalue weighted by atomic mass is 79.9. The molecule has 0 unspecified atom stereocenters. The standard InChI is InChI=1S/C12H9BrCl3N3O/c1-19-6-9(13)10(18-19)7-3-2-4-8(5-7)17-11(20)12(14,15)16/h2-6H,1H3,(H,17,20). The zero-order valence-corrected chi connectivity index (χ0v) is 14.1. The van der Waals surface area contributed by atoms with E-state index in [1.807, 2.05) is 19.3 Å². The molecule has 0 aliphatic carbocycles. The zero-order valence-electron chi connectivity index (χ0n) is 10.2. The molecule has 2 aromatic rings. The van der Waals surface area contributed by atoms with Crippen molar-refractivity contribution in [3.63, 3.8) is 0 Å². The van der Waals surface area contributed by atoms with Gasteiger partial charge in [0.25, 0.3) is 9.70 Å². The lowest BCUT2D eigenvalue weighted by Crippen LogP contribution is -2.26. The summed E-state index contributed by atoms with van der Waals surface area (Å²) in [5.74, 6) is -0.709. The number of halogens is 4. The highest BCUT2D eigenvalue weighted by molar-refractivity contribution is 9.10. The third-order valence-electron chi connectivity index (χ3n) is 2.44. The third-order valence-corrected chi connectivity index (χ3v) is 3.53. The first kappa shape index (κ1) is 15.6. The highest BCUT2D eigenvalue weighted by Gasteiger charge is 2.30. The molecule has 1 N–H and O–H groups in total. The zero-order chi connectivity index (χ0) is 14.9. The summed E-state index contributed by atoms with van der Waals surface area (Å²) in [6, 6.07) is 7.11. The Morgan fingerprint density at radius 1 is 1.40 bits per heavy atom. The maximum atomic E-state index is 11.6. The van der Waals surface area contributed by atoms with E-state index in [-0.39, 0.29) is 0 Å². The fourth-order valence-corrected chi connectivity index (χ4v) is 2.35. The van der Waals surface area contributed by atoms with Crippen LogP contribution in [-0.4, -0.2) is 19.5 Å². The quantitative estimate of drug-likeness (QED) is 0.774. The first-order chi connectivity index (χ1) is 9.27. The van der Waals surface area contributed by atoms with Crippen LogP contribution in [0.15, 0.2) is 34.9 Å². The summed E-state index contributed by atoms with van der Waals surface area (Å²) >= 11 is 20.0. The number of nitrogens with one attached hydrogen (secondary N) is 1. The third kappa shape index (κ3) is 3.67. The molecular weight excluding hydrogens is 388 g/mol. The molecule has 0 atom stereocenters. The summed E-state index contributed by atoms with van der Waals surface area (Å²) in [5, 5.41) is 6.86. The lowest BCUT2D eigenvalue weighted by Gasteiger charge is -2.11. The number of amides is 1. The smallest absolute Gasteiger partial charge is 0.276 e. The molecular formula is C12H9BrCl3N3O. The molecule has 1 heterocycles. The van der Waals surface area contributed by atoms with Crippen LogP contribution >= 0.6 is 50.7 Å². The van der Waals surface area contributed by atoms with Crippen molar-refractivity contribution in [2.24, 2.45) is 7.05 Å². The molecule has 2 rings (SSSR count). The molecule has 0 saturated heterocycles. The number of aromatic nitrogens is 2. The SMILES string of the molecule is Cn1cc(Br)c(-c2cccc(NC(=O)C(Cl)(Cl)Cl)c2)n1. The van der Waals surface area contributed by atoms with Crippen molar-refractivity contribution in [3.05, 3.63) is 34.9 Å². The summed E-state index contributed by atoms with van der Waals surface area (Å²) in [6.07, 6.45) is 1.84. The van der Waals surface area contributed by atoms with Crippen molar-refractivity contribution in [2.75, 3.05) is 5.32 Å². The summed E-state index contributed by atoms with van der Waals surface area (Å²) in [6.45, 7) is 0. The Balaban J connectivity index is 2.29. The number of rotatable bonds is 2. The topological polar surface area (TPSA) is 46.9 Å². The molecule has 0 saturated carbocycles. The second kappa shape index (κ2) is 5.93. The number of nitrogens with zero attached hydrogens (tertiary/aromatic N) is 2. The second-order valence-electron chi connectivity index (χ2n) is 4.03. The number of hydrogen-bond acceptors (Lipinski definition) is 2. The highest BCUT2D eigenvalue weighted by Crippen LogP contribution is 2.30. The van der Waals surface area contributed by atoms with E-state index in [4.69, 9.17) is 34.8 Å². The van der Waals surface area contributed by atoms with Crippen LogP contribution in [0, 0.1) is 0 Å². The Labute approximate surface area is 139 Å². The average Bonchev–Trinajstić information content (AvgIpc) is 2.67. The van der Waals surface area contributed by atoms with Gasteiger partial charge in [-0.15, -0.1) is 0 Å². The van der Waals surface area contributed by atoms with Gasteiger partial charge in [0.05, 0.1) is 4.47 Å². The molecule has 4 nitrogen and oxygen atoms in total. The number of carbonyl (C=O) groups is 1. The van der Waals surface area contributed by atoms with Gasteiger partial charge in [0.2, 0.25) is 0 Å². The number of benzene rings is 1. The van der Waals surface area contributed by atoms with Crippen LogP contribution in [0.5, 0.6) is 0 Å². The van der Waals surface area contributed by atoms with Gasteiger partial charge in [0.15, 0.2) is 0 Å². The molecule has 0 fully saturated rings. The van der Waals surface area contributed by atoms with Gasteiger partial charge in [-0.3, -0.25) is 9.48 Å². The number of hydrogen-bond donors (Lipinski definition) is 1. The van der Waals surface area contributed by atoms with E-state index in [9.17, 15) is 4.79 Å². The van der Waals surface area contributed by atoms with Gasteiger partial charge in [-0.25, -0.2) is 0 Å². The summed E-state index contributed by atoms with van der Waals surface area (Å²) in [4.78, 5) is 11.6. The average molecular weight is 397 g/mol. The predicted octanol–water partition coefficient (Wildman–Crippen LogP) is 4.16. The summed E-state index contributed by atoms with van der Waals surface area (Å²) < 4.78 is 0.540. The van der Waals surface area contributed by atoms with E-state index in [1.54, 1.807) is 22.9 Å². The van der Waals surface area contributed by atoms with E-state index in [0.29, 0.717) is 5.69 Å². The number of alkyl halides is 3. The Bertz CT molecular complexity index is 652. The van der Waals surface area contributed by atoms with E-state index >= 15 is 0 Å². The lowest BCUT2D eigenvalue weighted by atomic mass is 10.1. The number of anilines is 1. The van der Waals surface area contributed by atoms with E-state index in [0.717, 1.165) is 15.7 Å². The van der Waals surface area contributed by atoms with Crippen LogP contribution in [0.2, 0.25) is 0 Å². The maximum Gasteiger partial charge on any atom is 0.276 e. The van der Waals surface area contributed by atoms with Crippen molar-refractivity contribution >= 4 is 62.3 Å². The maximum absolute atomic E-state index is 11.6. The normalized spacial score (nSPS) is 11.4. The first-order valence-corrected chi connectivity index (χ1v) is 7.38. The van der Waals surface area contributed by atoms with Gasteiger partial charge in [-0.2, -0.15) is 5.10 Å². The molecule has 0 spiro atoms. The van der Waals surface area contributed by atoms with E-state index in [1.165, 1.54) is 0 Å². The number of carbonyl (C=O) groups excluding carboxylic acids is 1. The van der Waals surface area contributed by atoms with Crippen LogP contribution in [0.1, 0.15) is 0 Å². The van der Waals surface area contributed by atoms with E-state index in [2.05, 4.69) is 26.3 Å². The molecule has 106 valence electrons. The fraction of sp³-hybridized carbons (Fsp3) is 0.167. The van der Waals surface area contributed by atoms with Crippen LogP contribution < -0.4 is 5.32 Å². The Kier molecular flexibility index (Phi) is 4.64. The predicted molar refractivity (Wildman–Crippen MR) is 85.3 cm³/mol. The lowest BCUT2D eigenvalue weighted by molar-refractivity contribution is -0.115. The van der Waals surface area contributed by atoms with E-state index < -0.39 is 9.70 Å². The minimum atomic E-state index is -2.00. The van der Waals surface area contributed by atoms with Gasteiger partial charge in [0, 0.05) is 24.5 Å². The Hall–Kier alpha value is -0.750. The van der Waals surface area contributed by atoms with Crippen molar-refractivity contribution in [3.8, 4) is 11.3 Å². The van der Waals surface area contributed by atoms with Crippen LogP contribution in [0.4, 0.5) is 5.69 Å². The first-order valence-electron chi connectivity index (χ1n) is 5.45. The molecule has 0 bridgehead atoms. The monoisotopic (exact) mass is 395 g/mol. The molecule has 1 amide bonds. The van der Waals surface area contributed by atoms with Crippen molar-refractivity contribution in [1.82, 2.24) is 9.78 Å². The Morgan fingerprint density at radius 3 is 2.65 bits per heavy atom. The largest absolute Gasteiger partial charge is 0.322 e. The van der Waals surface area contributed by atoms with Gasteiger partial charge in [-0.1, -0.05) is 46.9 Å². The molecule has 20 heavy (non-hydrogen) atoms. The molecule has 0 radical (unpaired) electrons. The van der Waals surface area contributed by atoms with Gasteiger partial charge in [0.1, 0.15) is 5.69 Å². The van der Waals surface area contributed by atoms with Crippen LogP contribution in [0.25, 0.3) is 11.3 Å². The molecule has 8 heteroatoms. The molecule has 0 aliphatic rings. The van der Waals surface area contributed by atoms with Gasteiger partial charge >= 0.3 is 0 Å². The minimum absolute atomic E-state index is 0.524. The van der Waals surface area contributed by atoms with Gasteiger partial charge in [-0.05, 0) is 28.1 Å². The van der Waals surface area contributed by atoms with Crippen LogP contribution in [-0.2, 0) is 11.8 Å². The fourth-order valence-electron chi connectivity index (χ4n) is 1.60. The van der Waals surface area contributed by atoms with Crippen molar-refractivity contribution in [2.45, 2.75) is 3.79 Å². The molecule has 1 aromatic carbocycles. The summed E-state index contributed by atoms with van der Waals surface area (Å²) in [7, 11) is 1.82. The van der Waals surface area contributed by atoms with Crippen molar-refractivity contribution < 1.29 is 4.79 Å². The van der Waals surface area contributed by atoms with Crippen molar-refractivity contribution in [1.29, 1.82) is 0 Å². The Morgan fingerprint density at radius 2 is 2.10 bits per heavy atom. The minimum Gasteiger partial charge on any atom is -0.322 e. The molecule has 1 aromatic heterocycles. The molecule has 0 aliphatic heterocycles. The second-order valence-corrected chi connectivity index (χ2v) is 7.17. The van der Waals surface area contributed by atoms with Crippen LogP contribution in [0.3, 0.4) is 0 Å². The van der Waals surface area contributed by atoms with Gasteiger partial charge < -0.3 is 5.32 Å². The summed E-state index contributed by atoms with van der Waals surface area (Å²) in [5.41, 5.74) is 2.12.